The van der Waals surface area contributed by atoms with Crippen LogP contribution in [0.5, 0.6) is 5.75 Å². The fourth-order valence-corrected chi connectivity index (χ4v) is 3.09. The highest BCUT2D eigenvalue weighted by molar-refractivity contribution is 5.78. The molecule has 0 bridgehead atoms. The summed E-state index contributed by atoms with van der Waals surface area (Å²) in [6, 6.07) is 9.82. The lowest BCUT2D eigenvalue weighted by atomic mass is 9.84. The molecule has 0 aliphatic carbocycles. The van der Waals surface area contributed by atoms with Crippen LogP contribution in [-0.4, -0.2) is 23.2 Å². The van der Waals surface area contributed by atoms with Crippen LogP contribution in [-0.2, 0) is 11.2 Å². The predicted molar refractivity (Wildman–Crippen MR) is 86.5 cm³/mol. The zero-order valence-electron chi connectivity index (χ0n) is 13.8. The first-order valence-corrected chi connectivity index (χ1v) is 7.90. The maximum atomic E-state index is 12.1. The third-order valence-electron chi connectivity index (χ3n) is 4.04. The Kier molecular flexibility index (Phi) is 4.11. The lowest BCUT2D eigenvalue weighted by Crippen LogP contribution is -2.39. The van der Waals surface area contributed by atoms with Crippen molar-refractivity contribution in [1.29, 1.82) is 0 Å². The van der Waals surface area contributed by atoms with E-state index in [2.05, 4.69) is 30.4 Å². The first-order chi connectivity index (χ1) is 10.9. The zero-order chi connectivity index (χ0) is 16.4. The number of amides is 1. The first-order valence-electron chi connectivity index (χ1n) is 7.90. The molecule has 5 heteroatoms. The van der Waals surface area contributed by atoms with E-state index < -0.39 is 0 Å². The molecule has 0 spiro atoms. The number of aromatic nitrogens is 1. The quantitative estimate of drug-likeness (QED) is 0.942. The minimum atomic E-state index is -0.230. The van der Waals surface area contributed by atoms with Crippen LogP contribution in [0, 0.1) is 6.92 Å². The third-order valence-corrected chi connectivity index (χ3v) is 4.04. The van der Waals surface area contributed by atoms with Gasteiger partial charge in [0.25, 0.3) is 0 Å². The van der Waals surface area contributed by atoms with E-state index in [4.69, 9.17) is 9.26 Å². The Balaban J connectivity index is 1.64. The van der Waals surface area contributed by atoms with E-state index in [1.165, 1.54) is 0 Å². The van der Waals surface area contributed by atoms with Gasteiger partial charge >= 0.3 is 0 Å². The van der Waals surface area contributed by atoms with Crippen molar-refractivity contribution in [2.75, 3.05) is 6.54 Å². The molecule has 1 atom stereocenters. The van der Waals surface area contributed by atoms with Gasteiger partial charge in [-0.2, -0.15) is 0 Å². The van der Waals surface area contributed by atoms with Gasteiger partial charge in [0, 0.05) is 18.5 Å². The van der Waals surface area contributed by atoms with Crippen molar-refractivity contribution in [3.05, 3.63) is 47.3 Å². The highest BCUT2D eigenvalue weighted by atomic mass is 16.5. The summed E-state index contributed by atoms with van der Waals surface area (Å²) in [5, 5.41) is 6.80. The molecule has 2 heterocycles. The van der Waals surface area contributed by atoms with Crippen LogP contribution >= 0.6 is 0 Å². The van der Waals surface area contributed by atoms with Crippen molar-refractivity contribution in [3.8, 4) is 5.75 Å². The van der Waals surface area contributed by atoms with Crippen molar-refractivity contribution in [2.45, 2.75) is 45.1 Å². The molecule has 3 rings (SSSR count). The average molecular weight is 314 g/mol. The molecule has 1 aromatic carbocycles. The van der Waals surface area contributed by atoms with E-state index in [1.807, 2.05) is 25.1 Å². The molecule has 5 nitrogen and oxygen atoms in total. The molecule has 1 amide bonds. The smallest absolute Gasteiger partial charge is 0.227 e. The van der Waals surface area contributed by atoms with Crippen molar-refractivity contribution in [3.63, 3.8) is 0 Å². The van der Waals surface area contributed by atoms with E-state index in [0.29, 0.717) is 12.3 Å². The van der Waals surface area contributed by atoms with Crippen LogP contribution in [0.25, 0.3) is 0 Å². The van der Waals surface area contributed by atoms with Gasteiger partial charge in [-0.1, -0.05) is 23.4 Å². The Morgan fingerprint density at radius 3 is 2.91 bits per heavy atom. The molecule has 23 heavy (non-hydrogen) atoms. The lowest BCUT2D eigenvalue weighted by Gasteiger charge is -2.37. The number of para-hydroxylation sites is 1. The minimum Gasteiger partial charge on any atom is -0.488 e. The van der Waals surface area contributed by atoms with Crippen LogP contribution < -0.4 is 10.1 Å². The molecule has 0 saturated carbocycles. The number of fused-ring (bicyclic) bond motifs is 1. The molecular weight excluding hydrogens is 292 g/mol. The summed E-state index contributed by atoms with van der Waals surface area (Å²) in [6.07, 6.45) is 1.08. The van der Waals surface area contributed by atoms with Crippen LogP contribution in [0.15, 0.2) is 34.9 Å². The minimum absolute atomic E-state index is 0.0528. The Morgan fingerprint density at radius 1 is 1.39 bits per heavy atom. The number of benzene rings is 1. The lowest BCUT2D eigenvalue weighted by molar-refractivity contribution is -0.120. The topological polar surface area (TPSA) is 64.4 Å². The summed E-state index contributed by atoms with van der Waals surface area (Å²) in [5.74, 6) is 1.69. The fourth-order valence-electron chi connectivity index (χ4n) is 3.09. The second-order valence-corrected chi connectivity index (χ2v) is 6.72. The average Bonchev–Trinajstić information content (AvgIpc) is 2.88. The summed E-state index contributed by atoms with van der Waals surface area (Å²) in [6.45, 7) is 6.59. The Morgan fingerprint density at radius 2 is 2.17 bits per heavy atom. The van der Waals surface area contributed by atoms with Gasteiger partial charge in [-0.15, -0.1) is 0 Å². The van der Waals surface area contributed by atoms with E-state index in [0.717, 1.165) is 23.4 Å². The number of nitrogens with zero attached hydrogens (tertiary/aromatic N) is 1. The second-order valence-electron chi connectivity index (χ2n) is 6.72. The molecule has 2 aromatic rings. The molecule has 1 aromatic heterocycles. The molecule has 1 unspecified atom stereocenters. The summed E-state index contributed by atoms with van der Waals surface area (Å²) < 4.78 is 11.1. The van der Waals surface area contributed by atoms with E-state index in [9.17, 15) is 4.79 Å². The standard InChI is InChI=1S/C18H22N2O3/c1-12-8-14(23-20-12)9-17(21)19-11-13-10-18(2,3)22-16-7-5-4-6-15(13)16/h4-8,13H,9-11H2,1-3H3,(H,19,21). The SMILES string of the molecule is Cc1cc(CC(=O)NCC2CC(C)(C)Oc3ccccc32)on1. The molecule has 1 aliphatic heterocycles. The number of nitrogens with one attached hydrogen (secondary N) is 1. The van der Waals surface area contributed by atoms with Gasteiger partial charge in [-0.05, 0) is 38.8 Å². The summed E-state index contributed by atoms with van der Waals surface area (Å²) in [7, 11) is 0. The zero-order valence-corrected chi connectivity index (χ0v) is 13.8. The number of aryl methyl sites for hydroxylation is 1. The van der Waals surface area contributed by atoms with Crippen LogP contribution in [0.1, 0.15) is 43.2 Å². The maximum Gasteiger partial charge on any atom is 0.227 e. The van der Waals surface area contributed by atoms with Crippen molar-refractivity contribution >= 4 is 5.91 Å². The number of ether oxygens (including phenoxy) is 1. The third kappa shape index (κ3) is 3.73. The molecule has 122 valence electrons. The normalized spacial score (nSPS) is 18.8. The van der Waals surface area contributed by atoms with Gasteiger partial charge in [0.05, 0.1) is 12.1 Å². The van der Waals surface area contributed by atoms with Gasteiger partial charge in [-0.25, -0.2) is 0 Å². The van der Waals surface area contributed by atoms with Gasteiger partial charge < -0.3 is 14.6 Å². The Hall–Kier alpha value is -2.30. The van der Waals surface area contributed by atoms with Gasteiger partial charge in [-0.3, -0.25) is 4.79 Å². The second kappa shape index (κ2) is 6.07. The molecule has 1 aliphatic rings. The van der Waals surface area contributed by atoms with Gasteiger partial charge in [0.15, 0.2) is 0 Å². The first kappa shape index (κ1) is 15.6. The number of hydrogen-bond donors (Lipinski definition) is 1. The van der Waals surface area contributed by atoms with Crippen LogP contribution in [0.2, 0.25) is 0 Å². The van der Waals surface area contributed by atoms with Crippen molar-refractivity contribution in [1.82, 2.24) is 10.5 Å². The van der Waals surface area contributed by atoms with E-state index in [1.54, 1.807) is 6.07 Å². The van der Waals surface area contributed by atoms with Crippen LogP contribution in [0.3, 0.4) is 0 Å². The predicted octanol–water partition coefficient (Wildman–Crippen LogP) is 2.99. The van der Waals surface area contributed by atoms with E-state index >= 15 is 0 Å². The largest absolute Gasteiger partial charge is 0.488 e. The maximum absolute atomic E-state index is 12.1. The van der Waals surface area contributed by atoms with Crippen molar-refractivity contribution in [2.24, 2.45) is 0 Å². The molecule has 0 saturated heterocycles. The van der Waals surface area contributed by atoms with E-state index in [-0.39, 0.29) is 23.8 Å². The Labute approximate surface area is 136 Å². The number of rotatable bonds is 4. The fraction of sp³-hybridized carbons (Fsp3) is 0.444. The summed E-state index contributed by atoms with van der Waals surface area (Å²) in [4.78, 5) is 12.1. The molecule has 1 N–H and O–H groups in total. The molecule has 0 fully saturated rings. The summed E-state index contributed by atoms with van der Waals surface area (Å²) in [5.41, 5.74) is 1.71. The number of carbonyl (C=O) groups is 1. The van der Waals surface area contributed by atoms with Gasteiger partial charge in [0.2, 0.25) is 5.91 Å². The highest BCUT2D eigenvalue weighted by Crippen LogP contribution is 2.40. The summed E-state index contributed by atoms with van der Waals surface area (Å²) >= 11 is 0. The number of carbonyl (C=O) groups excluding carboxylic acids is 1. The Bertz CT molecular complexity index is 706. The van der Waals surface area contributed by atoms with Gasteiger partial charge in [0.1, 0.15) is 17.1 Å². The van der Waals surface area contributed by atoms with Crippen molar-refractivity contribution < 1.29 is 14.1 Å². The highest BCUT2D eigenvalue weighted by Gasteiger charge is 2.33. The molecule has 0 radical (unpaired) electrons. The molecular formula is C18H22N2O3. The van der Waals surface area contributed by atoms with Crippen LogP contribution in [0.4, 0.5) is 0 Å². The number of hydrogen-bond acceptors (Lipinski definition) is 4. The monoisotopic (exact) mass is 314 g/mol.